The summed E-state index contributed by atoms with van der Waals surface area (Å²) in [7, 11) is 0. The van der Waals surface area contributed by atoms with E-state index in [1.54, 1.807) is 0 Å². The van der Waals surface area contributed by atoms with Crippen LogP contribution in [0.5, 0.6) is 0 Å². The highest BCUT2D eigenvalue weighted by atomic mass is 16.5. The smallest absolute Gasteiger partial charge is 0.334 e. The molecule has 2 aliphatic carbocycles. The van der Waals surface area contributed by atoms with E-state index in [9.17, 15) is 4.79 Å². The van der Waals surface area contributed by atoms with E-state index in [0.717, 1.165) is 18.4 Å². The topological polar surface area (TPSA) is 26.3 Å². The molecule has 0 saturated heterocycles. The average Bonchev–Trinajstić information content (AvgIpc) is 2.56. The Morgan fingerprint density at radius 1 is 1.29 bits per heavy atom. The van der Waals surface area contributed by atoms with Crippen LogP contribution in [0.15, 0.2) is 22.8 Å². The van der Waals surface area contributed by atoms with E-state index >= 15 is 0 Å². The molecule has 3 rings (SSSR count). The third-order valence-electron chi connectivity index (χ3n) is 4.99. The highest BCUT2D eigenvalue weighted by Gasteiger charge is 2.50. The third-order valence-corrected chi connectivity index (χ3v) is 4.99. The van der Waals surface area contributed by atoms with Crippen LogP contribution in [0.1, 0.15) is 46.5 Å². The van der Waals surface area contributed by atoms with Gasteiger partial charge in [0, 0.05) is 11.5 Å². The molecule has 1 saturated carbocycles. The summed E-state index contributed by atoms with van der Waals surface area (Å²) in [4.78, 5) is 11.9. The van der Waals surface area contributed by atoms with Crippen molar-refractivity contribution >= 4 is 5.97 Å². The Hall–Kier alpha value is -1.05. The van der Waals surface area contributed by atoms with E-state index in [-0.39, 0.29) is 12.1 Å². The molecule has 0 spiro atoms. The van der Waals surface area contributed by atoms with Crippen LogP contribution in [0.25, 0.3) is 0 Å². The van der Waals surface area contributed by atoms with Crippen LogP contribution in [0.3, 0.4) is 0 Å². The minimum atomic E-state index is -0.101. The molecule has 1 fully saturated rings. The molecular weight excluding hydrogens is 212 g/mol. The SMILES string of the molecule is CC1=C[C@H]2OC(=O)C(C)=C3CC[C@](C)(CC1)[C@@H]32. The third kappa shape index (κ3) is 1.50. The van der Waals surface area contributed by atoms with Crippen molar-refractivity contribution in [1.29, 1.82) is 0 Å². The molecule has 92 valence electrons. The van der Waals surface area contributed by atoms with Gasteiger partial charge in [-0.25, -0.2) is 4.79 Å². The molecule has 3 atom stereocenters. The maximum atomic E-state index is 11.9. The Morgan fingerprint density at radius 2 is 2.00 bits per heavy atom. The Labute approximate surface area is 103 Å². The first-order chi connectivity index (χ1) is 8.01. The lowest BCUT2D eigenvalue weighted by Crippen LogP contribution is -2.38. The van der Waals surface area contributed by atoms with Crippen molar-refractivity contribution in [1.82, 2.24) is 0 Å². The zero-order valence-corrected chi connectivity index (χ0v) is 10.9. The van der Waals surface area contributed by atoms with Gasteiger partial charge in [-0.15, -0.1) is 0 Å². The van der Waals surface area contributed by atoms with Crippen LogP contribution in [0.2, 0.25) is 0 Å². The molecular formula is C15H20O2. The molecule has 2 heteroatoms. The van der Waals surface area contributed by atoms with E-state index < -0.39 is 0 Å². The van der Waals surface area contributed by atoms with Crippen LogP contribution < -0.4 is 0 Å². The molecule has 0 bridgehead atoms. The second kappa shape index (κ2) is 3.47. The Morgan fingerprint density at radius 3 is 2.76 bits per heavy atom. The van der Waals surface area contributed by atoms with Gasteiger partial charge in [0.05, 0.1) is 0 Å². The van der Waals surface area contributed by atoms with E-state index in [1.165, 1.54) is 24.0 Å². The van der Waals surface area contributed by atoms with Crippen LogP contribution in [0, 0.1) is 11.3 Å². The van der Waals surface area contributed by atoms with Gasteiger partial charge in [0.25, 0.3) is 0 Å². The number of esters is 1. The van der Waals surface area contributed by atoms with Crippen LogP contribution >= 0.6 is 0 Å². The number of rotatable bonds is 0. The van der Waals surface area contributed by atoms with Gasteiger partial charge in [-0.1, -0.05) is 18.1 Å². The van der Waals surface area contributed by atoms with Gasteiger partial charge >= 0.3 is 5.97 Å². The van der Waals surface area contributed by atoms with Gasteiger partial charge in [0.15, 0.2) is 0 Å². The largest absolute Gasteiger partial charge is 0.454 e. The number of ether oxygens (including phenoxy) is 1. The molecule has 0 radical (unpaired) electrons. The number of hydrogen-bond donors (Lipinski definition) is 0. The van der Waals surface area contributed by atoms with Crippen LogP contribution in [-0.2, 0) is 9.53 Å². The predicted octanol–water partition coefficient (Wildman–Crippen LogP) is 3.38. The number of allylic oxidation sites excluding steroid dienone is 1. The summed E-state index contributed by atoms with van der Waals surface area (Å²) in [6, 6.07) is 0. The Balaban J connectivity index is 2.13. The van der Waals surface area contributed by atoms with Gasteiger partial charge in [-0.2, -0.15) is 0 Å². The highest BCUT2D eigenvalue weighted by Crippen LogP contribution is 2.56. The molecule has 17 heavy (non-hydrogen) atoms. The van der Waals surface area contributed by atoms with E-state index in [4.69, 9.17) is 4.74 Å². The summed E-state index contributed by atoms with van der Waals surface area (Å²) in [6.07, 6.45) is 6.85. The van der Waals surface area contributed by atoms with Gasteiger partial charge in [-0.05, 0) is 51.0 Å². The molecule has 0 amide bonds. The molecule has 0 unspecified atom stereocenters. The van der Waals surface area contributed by atoms with E-state index in [2.05, 4.69) is 19.9 Å². The highest BCUT2D eigenvalue weighted by molar-refractivity contribution is 5.90. The first-order valence-electron chi connectivity index (χ1n) is 6.59. The molecule has 1 heterocycles. The zero-order chi connectivity index (χ0) is 12.2. The van der Waals surface area contributed by atoms with Gasteiger partial charge < -0.3 is 4.74 Å². The van der Waals surface area contributed by atoms with Gasteiger partial charge in [-0.3, -0.25) is 0 Å². The summed E-state index contributed by atoms with van der Waals surface area (Å²) in [5, 5.41) is 0. The van der Waals surface area contributed by atoms with Gasteiger partial charge in [0.1, 0.15) is 6.10 Å². The van der Waals surface area contributed by atoms with E-state index in [1.807, 2.05) is 6.92 Å². The number of hydrogen-bond acceptors (Lipinski definition) is 2. The minimum Gasteiger partial charge on any atom is -0.454 e. The molecule has 0 N–H and O–H groups in total. The number of carbonyl (C=O) groups excluding carboxylic acids is 1. The summed E-state index contributed by atoms with van der Waals surface area (Å²) in [5.74, 6) is 0.342. The lowest BCUT2D eigenvalue weighted by Gasteiger charge is -2.37. The second-order valence-electron chi connectivity index (χ2n) is 6.16. The standard InChI is InChI=1S/C15H20O2/c1-9-4-6-15(3)7-5-11-10(2)14(16)17-12(8-9)13(11)15/h8,12-13H,4-7H2,1-3H3/t12-,13+,15+/m1/s1. The fraction of sp³-hybridized carbons (Fsp3) is 0.667. The van der Waals surface area contributed by atoms with Crippen molar-refractivity contribution in [2.24, 2.45) is 11.3 Å². The first-order valence-corrected chi connectivity index (χ1v) is 6.59. The first kappa shape index (κ1) is 11.1. The molecule has 0 aromatic rings. The Bertz CT molecular complexity index is 444. The zero-order valence-electron chi connectivity index (χ0n) is 10.9. The number of carbonyl (C=O) groups is 1. The van der Waals surface area contributed by atoms with Crippen LogP contribution in [-0.4, -0.2) is 12.1 Å². The fourth-order valence-electron chi connectivity index (χ4n) is 3.84. The quantitative estimate of drug-likeness (QED) is 0.472. The van der Waals surface area contributed by atoms with Crippen molar-refractivity contribution in [2.75, 3.05) is 0 Å². The maximum Gasteiger partial charge on any atom is 0.334 e. The predicted molar refractivity (Wildman–Crippen MR) is 66.4 cm³/mol. The fourth-order valence-corrected chi connectivity index (χ4v) is 3.84. The summed E-state index contributed by atoms with van der Waals surface area (Å²) >= 11 is 0. The van der Waals surface area contributed by atoms with Crippen molar-refractivity contribution in [3.05, 3.63) is 22.8 Å². The summed E-state index contributed by atoms with van der Waals surface area (Å²) < 4.78 is 5.63. The minimum absolute atomic E-state index is 0.00352. The monoisotopic (exact) mass is 232 g/mol. The summed E-state index contributed by atoms with van der Waals surface area (Å²) in [5.41, 5.74) is 3.95. The molecule has 0 aromatic heterocycles. The average molecular weight is 232 g/mol. The van der Waals surface area contributed by atoms with Crippen molar-refractivity contribution in [3.8, 4) is 0 Å². The lowest BCUT2D eigenvalue weighted by molar-refractivity contribution is -0.147. The van der Waals surface area contributed by atoms with Crippen LogP contribution in [0.4, 0.5) is 0 Å². The second-order valence-corrected chi connectivity index (χ2v) is 6.16. The summed E-state index contributed by atoms with van der Waals surface area (Å²) in [6.45, 7) is 6.46. The molecule has 2 nitrogen and oxygen atoms in total. The van der Waals surface area contributed by atoms with Crippen molar-refractivity contribution in [2.45, 2.75) is 52.6 Å². The maximum absolute atomic E-state index is 11.9. The van der Waals surface area contributed by atoms with Gasteiger partial charge in [0.2, 0.25) is 0 Å². The molecule has 1 aliphatic heterocycles. The van der Waals surface area contributed by atoms with E-state index in [0.29, 0.717) is 11.3 Å². The molecule has 0 aromatic carbocycles. The lowest BCUT2D eigenvalue weighted by atomic mass is 9.72. The normalized spacial score (nSPS) is 40.6. The van der Waals surface area contributed by atoms with Crippen molar-refractivity contribution in [3.63, 3.8) is 0 Å². The molecule has 3 aliphatic rings. The van der Waals surface area contributed by atoms with Crippen molar-refractivity contribution < 1.29 is 9.53 Å². The Kier molecular flexibility index (Phi) is 2.26.